The van der Waals surface area contributed by atoms with E-state index in [1.807, 2.05) is 0 Å². The van der Waals surface area contributed by atoms with Gasteiger partial charge in [0.15, 0.2) is 12.3 Å². The first-order chi connectivity index (χ1) is 20.2. The predicted octanol–water partition coefficient (Wildman–Crippen LogP) is 4.23. The Morgan fingerprint density at radius 3 is 2.24 bits per heavy atom. The molecule has 1 unspecified atom stereocenters. The van der Waals surface area contributed by atoms with E-state index in [0.29, 0.717) is 30.5 Å². The molecule has 0 aliphatic carbocycles. The van der Waals surface area contributed by atoms with Crippen LogP contribution < -0.4 is 9.95 Å². The molecule has 222 valence electrons. The fourth-order valence-electron chi connectivity index (χ4n) is 5.50. The van der Waals surface area contributed by atoms with E-state index in [0.717, 1.165) is 13.3 Å². The summed E-state index contributed by atoms with van der Waals surface area (Å²) in [5.74, 6) is -3.56. The van der Waals surface area contributed by atoms with Crippen LogP contribution in [0.3, 0.4) is 0 Å². The van der Waals surface area contributed by atoms with Crippen LogP contribution in [0, 0.1) is 11.6 Å². The van der Waals surface area contributed by atoms with Crippen LogP contribution >= 0.6 is 7.82 Å². The quantitative estimate of drug-likeness (QED) is 0.247. The number of hydrogen-bond donors (Lipinski definition) is 0. The van der Waals surface area contributed by atoms with Crippen molar-refractivity contribution in [1.29, 1.82) is 0 Å². The number of esters is 1. The van der Waals surface area contributed by atoms with E-state index in [2.05, 4.69) is 9.84 Å². The van der Waals surface area contributed by atoms with Gasteiger partial charge in [0.25, 0.3) is 5.91 Å². The minimum Gasteiger partial charge on any atom is -0.467 e. The van der Waals surface area contributed by atoms with Crippen LogP contribution in [-0.2, 0) is 23.1 Å². The summed E-state index contributed by atoms with van der Waals surface area (Å²) >= 11 is 0. The molecule has 0 bridgehead atoms. The van der Waals surface area contributed by atoms with Crippen molar-refractivity contribution in [3.8, 4) is 5.75 Å². The molecular weight excluding hydrogens is 575 g/mol. The molecule has 0 N–H and O–H groups in total. The minimum atomic E-state index is -4.60. The van der Waals surface area contributed by atoms with Crippen molar-refractivity contribution in [3.05, 3.63) is 93.4 Å². The fraction of sp³-hybridized carbons (Fsp3) is 0.357. The number of rotatable bonds is 10. The van der Waals surface area contributed by atoms with Crippen molar-refractivity contribution >= 4 is 19.7 Å². The number of methoxy groups -OCH3 is 1. The van der Waals surface area contributed by atoms with E-state index in [4.69, 9.17) is 13.6 Å². The Kier molecular flexibility index (Phi) is 8.53. The zero-order valence-electron chi connectivity index (χ0n) is 22.8. The number of amides is 1. The second-order valence-electron chi connectivity index (χ2n) is 9.72. The smallest absolute Gasteiger partial charge is 0.467 e. The number of ether oxygens (including phenoxy) is 1. The summed E-state index contributed by atoms with van der Waals surface area (Å²) in [7, 11) is -3.50. The maximum Gasteiger partial charge on any atom is 0.530 e. The molecular formula is C28H28F2N3O8P. The number of phosphoric ester groups is 1. The number of hydrogen-bond acceptors (Lipinski definition) is 9. The number of aromatic nitrogens is 2. The molecule has 2 aliphatic rings. The van der Waals surface area contributed by atoms with Crippen LogP contribution in [0.5, 0.6) is 5.75 Å². The van der Waals surface area contributed by atoms with Gasteiger partial charge in [0.05, 0.1) is 32.0 Å². The predicted molar refractivity (Wildman–Crippen MR) is 144 cm³/mol. The summed E-state index contributed by atoms with van der Waals surface area (Å²) < 4.78 is 63.0. The molecule has 0 radical (unpaired) electrons. The average Bonchev–Trinajstić information content (AvgIpc) is 3.47. The van der Waals surface area contributed by atoms with Crippen molar-refractivity contribution in [2.24, 2.45) is 0 Å². The van der Waals surface area contributed by atoms with Gasteiger partial charge in [0.2, 0.25) is 11.2 Å². The Morgan fingerprint density at radius 1 is 1.05 bits per heavy atom. The molecule has 5 rings (SSSR count). The van der Waals surface area contributed by atoms with Crippen molar-refractivity contribution < 1.29 is 41.2 Å². The van der Waals surface area contributed by atoms with Crippen LogP contribution in [-0.4, -0.2) is 59.5 Å². The van der Waals surface area contributed by atoms with Gasteiger partial charge >= 0.3 is 13.8 Å². The van der Waals surface area contributed by atoms with Gasteiger partial charge in [-0.1, -0.05) is 24.3 Å². The molecule has 11 nitrogen and oxygen atoms in total. The first kappa shape index (κ1) is 29.6. The highest BCUT2D eigenvalue weighted by atomic mass is 31.2. The summed E-state index contributed by atoms with van der Waals surface area (Å²) in [5, 5.41) is 4.33. The zero-order valence-corrected chi connectivity index (χ0v) is 23.7. The van der Waals surface area contributed by atoms with Crippen LogP contribution in [0.15, 0.2) is 59.5 Å². The van der Waals surface area contributed by atoms with E-state index in [-0.39, 0.29) is 12.3 Å². The summed E-state index contributed by atoms with van der Waals surface area (Å²) in [5.41, 5.74) is 0.156. The minimum absolute atomic E-state index is 0.172. The summed E-state index contributed by atoms with van der Waals surface area (Å²) in [6, 6.07) is 10.5. The largest absolute Gasteiger partial charge is 0.530 e. The number of fused-ring (bicyclic) bond motifs is 2. The molecule has 1 saturated heterocycles. The molecule has 1 amide bonds. The summed E-state index contributed by atoms with van der Waals surface area (Å²) in [6.45, 7) is 0.891. The fourth-order valence-corrected chi connectivity index (χ4v) is 6.66. The first-order valence-electron chi connectivity index (χ1n) is 13.2. The van der Waals surface area contributed by atoms with Gasteiger partial charge in [-0.05, 0) is 55.2 Å². The van der Waals surface area contributed by atoms with Gasteiger partial charge < -0.3 is 14.2 Å². The van der Waals surface area contributed by atoms with Gasteiger partial charge in [-0.2, -0.15) is 5.10 Å². The topological polar surface area (TPSA) is 126 Å². The second kappa shape index (κ2) is 12.1. The number of phosphoric acid groups is 1. The van der Waals surface area contributed by atoms with Crippen molar-refractivity contribution in [2.45, 2.75) is 37.8 Å². The lowest BCUT2D eigenvalue weighted by Gasteiger charge is -2.42. The van der Waals surface area contributed by atoms with E-state index >= 15 is 0 Å². The Balaban J connectivity index is 1.68. The van der Waals surface area contributed by atoms with Crippen LogP contribution in [0.25, 0.3) is 0 Å². The van der Waals surface area contributed by atoms with Crippen LogP contribution in [0.4, 0.5) is 8.78 Å². The van der Waals surface area contributed by atoms with Gasteiger partial charge in [0.1, 0.15) is 11.6 Å². The standard InChI is InChI=1S/C28H28F2N3O8P/c1-3-39-42(37,40-16-23(35)38-2)41-27-22(34)15-31-33-25(21-5-4-14-32(21)28(36)26(27)33)24(17-6-10-19(29)11-7-17)18-8-12-20(30)13-9-18/h6-13,15,21,24-25H,3-5,14,16H2,1-2H3/t21-,25-,42?/m1/s1. The lowest BCUT2D eigenvalue weighted by atomic mass is 9.80. The SMILES string of the molecule is CCOP(=O)(OCC(=O)OC)Oc1c2n(ncc1=O)[C@@H](C(c1ccc(F)cc1)c1ccc(F)cc1)[C@H]1CCCN1C2=O. The van der Waals surface area contributed by atoms with Gasteiger partial charge in [-0.3, -0.25) is 18.6 Å². The second-order valence-corrected chi connectivity index (χ2v) is 11.3. The first-order valence-corrected chi connectivity index (χ1v) is 14.7. The van der Waals surface area contributed by atoms with Crippen molar-refractivity contribution in [2.75, 3.05) is 26.9 Å². The molecule has 3 aromatic rings. The van der Waals surface area contributed by atoms with E-state index < -0.39 is 67.1 Å². The summed E-state index contributed by atoms with van der Waals surface area (Å²) in [6.07, 6.45) is 2.17. The Morgan fingerprint density at radius 2 is 1.67 bits per heavy atom. The monoisotopic (exact) mass is 603 g/mol. The molecule has 2 aromatic carbocycles. The van der Waals surface area contributed by atoms with Crippen molar-refractivity contribution in [1.82, 2.24) is 14.7 Å². The van der Waals surface area contributed by atoms with Crippen LogP contribution in [0.2, 0.25) is 0 Å². The highest BCUT2D eigenvalue weighted by molar-refractivity contribution is 7.49. The highest BCUT2D eigenvalue weighted by Gasteiger charge is 2.49. The normalized spacial score (nSPS) is 19.3. The molecule has 1 aromatic heterocycles. The molecule has 3 atom stereocenters. The van der Waals surface area contributed by atoms with E-state index in [1.54, 1.807) is 29.2 Å². The molecule has 14 heteroatoms. The lowest BCUT2D eigenvalue weighted by molar-refractivity contribution is -0.143. The lowest BCUT2D eigenvalue weighted by Crippen LogP contribution is -2.51. The molecule has 0 spiro atoms. The van der Waals surface area contributed by atoms with Gasteiger partial charge in [-0.15, -0.1) is 0 Å². The van der Waals surface area contributed by atoms with E-state index in [1.165, 1.54) is 35.9 Å². The molecule has 0 saturated carbocycles. The highest BCUT2D eigenvalue weighted by Crippen LogP contribution is 2.51. The van der Waals surface area contributed by atoms with Gasteiger partial charge in [0, 0.05) is 12.5 Å². The molecule has 3 heterocycles. The molecule has 42 heavy (non-hydrogen) atoms. The number of carbonyl (C=O) groups excluding carboxylic acids is 2. The number of benzene rings is 2. The zero-order chi connectivity index (χ0) is 30.0. The van der Waals surface area contributed by atoms with Crippen LogP contribution in [0.1, 0.15) is 53.3 Å². The maximum atomic E-state index is 14.0. The summed E-state index contributed by atoms with van der Waals surface area (Å²) in [4.78, 5) is 40.2. The number of halogens is 2. The van der Waals surface area contributed by atoms with E-state index in [9.17, 15) is 27.7 Å². The van der Waals surface area contributed by atoms with Gasteiger partial charge in [-0.25, -0.2) is 22.8 Å². The Labute approximate surface area is 239 Å². The number of carbonyl (C=O) groups is 2. The third-order valence-electron chi connectivity index (χ3n) is 7.26. The average molecular weight is 604 g/mol. The molecule has 1 fully saturated rings. The Hall–Kier alpha value is -3.93. The third-order valence-corrected chi connectivity index (χ3v) is 8.69. The number of nitrogens with zero attached hydrogens (tertiary/aromatic N) is 3. The molecule has 2 aliphatic heterocycles. The third kappa shape index (κ3) is 5.72. The maximum absolute atomic E-state index is 14.0. The Bertz CT molecular complexity index is 1540. The van der Waals surface area contributed by atoms with Crippen molar-refractivity contribution in [3.63, 3.8) is 0 Å².